The first-order chi connectivity index (χ1) is 8.08. The van der Waals surface area contributed by atoms with Crippen LogP contribution in [-0.4, -0.2) is 31.0 Å². The molecule has 0 aliphatic carbocycles. The first-order valence-electron chi connectivity index (χ1n) is 4.47. The van der Waals surface area contributed by atoms with Crippen LogP contribution in [0, 0.1) is 10.1 Å². The van der Waals surface area contributed by atoms with E-state index in [1.165, 1.54) is 12.1 Å². The fourth-order valence-corrected chi connectivity index (χ4v) is 1.19. The van der Waals surface area contributed by atoms with Crippen LogP contribution >= 0.6 is 0 Å². The smallest absolute Gasteiger partial charge is 0.340 e. The first-order valence-corrected chi connectivity index (χ1v) is 4.47. The quantitative estimate of drug-likeness (QED) is 0.605. The molecule has 0 aliphatic rings. The zero-order valence-electron chi connectivity index (χ0n) is 8.32. The number of hydrogen-bond acceptors (Lipinski definition) is 5. The monoisotopic (exact) mass is 234 g/mol. The molecule has 0 radical (unpaired) electrons. The van der Waals surface area contributed by atoms with Crippen LogP contribution in [0.4, 0.5) is 5.82 Å². The van der Waals surface area contributed by atoms with Crippen molar-refractivity contribution < 1.29 is 14.8 Å². The zero-order valence-corrected chi connectivity index (χ0v) is 8.32. The normalized spacial score (nSPS) is 10.1. The summed E-state index contributed by atoms with van der Waals surface area (Å²) in [6.45, 7) is 0. The van der Waals surface area contributed by atoms with E-state index in [1.807, 2.05) is 0 Å². The molecule has 8 heteroatoms. The molecule has 0 amide bonds. The molecule has 2 N–H and O–H groups in total. The Morgan fingerprint density at radius 2 is 2.12 bits per heavy atom. The highest BCUT2D eigenvalue weighted by atomic mass is 16.6. The third-order valence-electron chi connectivity index (χ3n) is 2.01. The second-order valence-electron chi connectivity index (χ2n) is 3.11. The third-order valence-corrected chi connectivity index (χ3v) is 2.01. The van der Waals surface area contributed by atoms with Gasteiger partial charge in [-0.15, -0.1) is 0 Å². The fraction of sp³-hybridized carbons (Fsp3) is 0. The van der Waals surface area contributed by atoms with Crippen LogP contribution in [0.5, 0.6) is 0 Å². The van der Waals surface area contributed by atoms with Gasteiger partial charge in [-0.05, 0) is 17.1 Å². The number of nitrogens with one attached hydrogen (secondary N) is 1. The molecule has 8 nitrogen and oxygen atoms in total. The minimum Gasteiger partial charge on any atom is -0.478 e. The highest BCUT2D eigenvalue weighted by molar-refractivity contribution is 5.87. The Labute approximate surface area is 94.1 Å². The van der Waals surface area contributed by atoms with E-state index < -0.39 is 10.9 Å². The SMILES string of the molecule is O=C(O)c1ccc(-c2ncc([N+](=O)[O-])[nH]2)nc1. The summed E-state index contributed by atoms with van der Waals surface area (Å²) >= 11 is 0. The number of H-pyrrole nitrogens is 1. The van der Waals surface area contributed by atoms with Crippen molar-refractivity contribution in [1.82, 2.24) is 15.0 Å². The lowest BCUT2D eigenvalue weighted by atomic mass is 10.2. The van der Waals surface area contributed by atoms with Crippen molar-refractivity contribution in [2.24, 2.45) is 0 Å². The van der Waals surface area contributed by atoms with Crippen molar-refractivity contribution >= 4 is 11.8 Å². The molecule has 0 unspecified atom stereocenters. The van der Waals surface area contributed by atoms with E-state index in [2.05, 4.69) is 15.0 Å². The van der Waals surface area contributed by atoms with Crippen LogP contribution in [0.2, 0.25) is 0 Å². The molecule has 17 heavy (non-hydrogen) atoms. The van der Waals surface area contributed by atoms with E-state index in [-0.39, 0.29) is 17.2 Å². The van der Waals surface area contributed by atoms with Crippen molar-refractivity contribution in [2.45, 2.75) is 0 Å². The van der Waals surface area contributed by atoms with Gasteiger partial charge < -0.3 is 15.2 Å². The van der Waals surface area contributed by atoms with Gasteiger partial charge in [0.15, 0.2) is 0 Å². The molecule has 0 fully saturated rings. The van der Waals surface area contributed by atoms with E-state index >= 15 is 0 Å². The topological polar surface area (TPSA) is 122 Å². The maximum absolute atomic E-state index is 10.6. The van der Waals surface area contributed by atoms with Crippen LogP contribution in [0.3, 0.4) is 0 Å². The highest BCUT2D eigenvalue weighted by Gasteiger charge is 2.13. The van der Waals surface area contributed by atoms with Crippen LogP contribution < -0.4 is 0 Å². The largest absolute Gasteiger partial charge is 0.478 e. The third kappa shape index (κ3) is 2.09. The number of aromatic carboxylic acids is 1. The van der Waals surface area contributed by atoms with Gasteiger partial charge in [0.05, 0.1) is 5.56 Å². The number of aromatic nitrogens is 3. The molecule has 0 saturated heterocycles. The molecule has 0 aliphatic heterocycles. The van der Waals surface area contributed by atoms with E-state index in [4.69, 9.17) is 5.11 Å². The minimum atomic E-state index is -1.09. The Morgan fingerprint density at radius 1 is 1.35 bits per heavy atom. The molecule has 0 bridgehead atoms. The van der Waals surface area contributed by atoms with E-state index in [1.54, 1.807) is 0 Å². The number of nitrogens with zero attached hydrogens (tertiary/aromatic N) is 3. The van der Waals surface area contributed by atoms with Crippen molar-refractivity contribution in [3.63, 3.8) is 0 Å². The lowest BCUT2D eigenvalue weighted by Crippen LogP contribution is -1.97. The van der Waals surface area contributed by atoms with Crippen LogP contribution in [-0.2, 0) is 0 Å². The number of pyridine rings is 1. The zero-order chi connectivity index (χ0) is 12.4. The summed E-state index contributed by atoms with van der Waals surface area (Å²) in [5.41, 5.74) is 0.373. The van der Waals surface area contributed by atoms with Crippen LogP contribution in [0.25, 0.3) is 11.5 Å². The number of carboxylic acids is 1. The van der Waals surface area contributed by atoms with Gasteiger partial charge in [-0.2, -0.15) is 0 Å². The average Bonchev–Trinajstić information content (AvgIpc) is 2.78. The maximum atomic E-state index is 10.6. The van der Waals surface area contributed by atoms with Gasteiger partial charge in [-0.3, -0.25) is 0 Å². The summed E-state index contributed by atoms with van der Waals surface area (Å²) in [6.07, 6.45) is 2.23. The van der Waals surface area contributed by atoms with Gasteiger partial charge >= 0.3 is 11.8 Å². The lowest BCUT2D eigenvalue weighted by Gasteiger charge is -1.94. The summed E-state index contributed by atoms with van der Waals surface area (Å²) in [7, 11) is 0. The Kier molecular flexibility index (Phi) is 2.53. The first kappa shape index (κ1) is 10.7. The van der Waals surface area contributed by atoms with E-state index in [0.717, 1.165) is 12.4 Å². The van der Waals surface area contributed by atoms with Crippen molar-refractivity contribution in [3.05, 3.63) is 40.2 Å². The summed E-state index contributed by atoms with van der Waals surface area (Å²) in [5.74, 6) is -1.12. The summed E-state index contributed by atoms with van der Waals surface area (Å²) in [4.78, 5) is 30.5. The van der Waals surface area contributed by atoms with Crippen molar-refractivity contribution in [2.75, 3.05) is 0 Å². The fourth-order valence-electron chi connectivity index (χ4n) is 1.19. The summed E-state index contributed by atoms with van der Waals surface area (Å²) in [6, 6.07) is 2.77. The lowest BCUT2D eigenvalue weighted by molar-refractivity contribution is -0.389. The van der Waals surface area contributed by atoms with Crippen molar-refractivity contribution in [1.29, 1.82) is 0 Å². The van der Waals surface area contributed by atoms with Gasteiger partial charge in [0.1, 0.15) is 11.9 Å². The molecule has 0 saturated carbocycles. The molecule has 86 valence electrons. The van der Waals surface area contributed by atoms with Gasteiger partial charge in [-0.25, -0.2) is 19.7 Å². The number of rotatable bonds is 3. The average molecular weight is 234 g/mol. The summed E-state index contributed by atoms with van der Waals surface area (Å²) in [5, 5.41) is 19.1. The molecule has 2 aromatic rings. The summed E-state index contributed by atoms with van der Waals surface area (Å²) < 4.78 is 0. The predicted octanol–water partition coefficient (Wildman–Crippen LogP) is 1.08. The van der Waals surface area contributed by atoms with E-state index in [9.17, 15) is 14.9 Å². The molecule has 0 spiro atoms. The number of imidazole rings is 1. The second-order valence-corrected chi connectivity index (χ2v) is 3.11. The Balaban J connectivity index is 2.33. The van der Waals surface area contributed by atoms with Gasteiger partial charge in [0, 0.05) is 6.20 Å². The molecule has 2 rings (SSSR count). The van der Waals surface area contributed by atoms with Crippen LogP contribution in [0.15, 0.2) is 24.5 Å². The second kappa shape index (κ2) is 4.00. The molecule has 2 aromatic heterocycles. The molecule has 0 atom stereocenters. The minimum absolute atomic E-state index is 0.0369. The Morgan fingerprint density at radius 3 is 2.59 bits per heavy atom. The van der Waals surface area contributed by atoms with E-state index in [0.29, 0.717) is 5.69 Å². The predicted molar refractivity (Wildman–Crippen MR) is 55.4 cm³/mol. The Bertz CT molecular complexity index is 575. The van der Waals surface area contributed by atoms with Gasteiger partial charge in [-0.1, -0.05) is 0 Å². The molecular weight excluding hydrogens is 228 g/mol. The van der Waals surface area contributed by atoms with Gasteiger partial charge in [0.25, 0.3) is 0 Å². The number of aromatic amines is 1. The molecule has 0 aromatic carbocycles. The molecular formula is C9H6N4O4. The number of carboxylic acid groups (broad SMARTS) is 1. The van der Waals surface area contributed by atoms with Crippen molar-refractivity contribution in [3.8, 4) is 11.5 Å². The number of hydrogen-bond donors (Lipinski definition) is 2. The number of nitro groups is 1. The molecule has 2 heterocycles. The highest BCUT2D eigenvalue weighted by Crippen LogP contribution is 2.16. The maximum Gasteiger partial charge on any atom is 0.340 e. The van der Waals surface area contributed by atoms with Crippen LogP contribution in [0.1, 0.15) is 10.4 Å². The Hall–Kier alpha value is -2.77. The standard InChI is InChI=1S/C9H6N4O4/c14-9(15)5-1-2-6(10-3-5)8-11-4-7(12-8)13(16)17/h1-4H,(H,11,12)(H,14,15). The number of carbonyl (C=O) groups is 1. The van der Waals surface area contributed by atoms with Gasteiger partial charge in [0.2, 0.25) is 5.82 Å².